The number of carbonyl (C=O) groups excluding carboxylic acids is 3. The van der Waals surface area contributed by atoms with E-state index in [0.29, 0.717) is 42.0 Å². The second-order valence-corrected chi connectivity index (χ2v) is 7.80. The molecule has 0 bridgehead atoms. The third-order valence-electron chi connectivity index (χ3n) is 4.55. The van der Waals surface area contributed by atoms with Gasteiger partial charge in [-0.3, -0.25) is 14.4 Å². The van der Waals surface area contributed by atoms with Crippen molar-refractivity contribution in [3.8, 4) is 0 Å². The molecule has 0 unspecified atom stereocenters. The topological polar surface area (TPSA) is 94.6 Å². The van der Waals surface area contributed by atoms with Gasteiger partial charge in [-0.2, -0.15) is 0 Å². The Balaban J connectivity index is 1.43. The van der Waals surface area contributed by atoms with E-state index >= 15 is 0 Å². The van der Waals surface area contributed by atoms with Crippen molar-refractivity contribution in [1.82, 2.24) is 20.1 Å². The molecule has 3 rings (SSSR count). The maximum absolute atomic E-state index is 12.3. The van der Waals surface area contributed by atoms with Crippen LogP contribution in [0.2, 0.25) is 5.02 Å². The number of nitrogens with one attached hydrogen (secondary N) is 2. The van der Waals surface area contributed by atoms with Gasteiger partial charge in [0.2, 0.25) is 11.8 Å². The molecule has 1 aliphatic heterocycles. The summed E-state index contributed by atoms with van der Waals surface area (Å²) in [6, 6.07) is 7.28. The quantitative estimate of drug-likeness (QED) is 0.726. The Morgan fingerprint density at radius 3 is 2.52 bits per heavy atom. The molecule has 1 aliphatic rings. The van der Waals surface area contributed by atoms with Crippen molar-refractivity contribution in [3.63, 3.8) is 0 Å². The lowest BCUT2D eigenvalue weighted by molar-refractivity contribution is -0.138. The summed E-state index contributed by atoms with van der Waals surface area (Å²) in [5, 5.41) is 8.58. The van der Waals surface area contributed by atoms with Gasteiger partial charge < -0.3 is 20.4 Å². The van der Waals surface area contributed by atoms with Crippen molar-refractivity contribution in [2.45, 2.75) is 13.3 Å². The predicted octanol–water partition coefficient (Wildman–Crippen LogP) is 2.35. The van der Waals surface area contributed by atoms with Gasteiger partial charge in [-0.25, -0.2) is 4.98 Å². The number of amides is 3. The number of benzene rings is 1. The minimum Gasteiger partial charge on any atom is -0.350 e. The zero-order valence-electron chi connectivity index (χ0n) is 16.0. The molecule has 1 aromatic heterocycles. The van der Waals surface area contributed by atoms with Gasteiger partial charge in [0.15, 0.2) is 5.13 Å². The molecule has 0 saturated carbocycles. The number of rotatable bonds is 6. The number of para-hydroxylation sites is 1. The highest BCUT2D eigenvalue weighted by molar-refractivity contribution is 7.14. The van der Waals surface area contributed by atoms with Gasteiger partial charge in [-0.05, 0) is 12.1 Å². The Bertz CT molecular complexity index is 895. The molecule has 2 aromatic rings. The van der Waals surface area contributed by atoms with E-state index in [4.69, 9.17) is 11.6 Å². The highest BCUT2D eigenvalue weighted by Gasteiger charge is 2.22. The zero-order valence-corrected chi connectivity index (χ0v) is 17.6. The molecule has 0 aliphatic carbocycles. The maximum Gasteiger partial charge on any atom is 0.270 e. The van der Waals surface area contributed by atoms with Gasteiger partial charge in [0.05, 0.1) is 10.7 Å². The van der Waals surface area contributed by atoms with Crippen LogP contribution in [0.5, 0.6) is 0 Å². The van der Waals surface area contributed by atoms with E-state index in [1.165, 1.54) is 18.3 Å². The van der Waals surface area contributed by atoms with Crippen LogP contribution in [0.25, 0.3) is 0 Å². The van der Waals surface area contributed by atoms with Crippen LogP contribution >= 0.6 is 22.9 Å². The first kappa shape index (κ1) is 21.1. The molecule has 2 N–H and O–H groups in total. The molecule has 29 heavy (non-hydrogen) atoms. The number of aromatic nitrogens is 1. The van der Waals surface area contributed by atoms with Crippen LogP contribution in [0, 0.1) is 0 Å². The van der Waals surface area contributed by atoms with Crippen LogP contribution < -0.4 is 10.6 Å². The van der Waals surface area contributed by atoms with Crippen molar-refractivity contribution in [2.24, 2.45) is 0 Å². The molecule has 0 atom stereocenters. The Kier molecular flexibility index (Phi) is 7.05. The molecule has 1 saturated heterocycles. The van der Waals surface area contributed by atoms with E-state index in [0.717, 1.165) is 0 Å². The summed E-state index contributed by atoms with van der Waals surface area (Å²) in [4.78, 5) is 43.6. The SMILES string of the molecule is CC(=O)N1CCN(C(=O)CCNC(=O)c2csc(Nc3ccccc3Cl)n2)CC1. The second-order valence-electron chi connectivity index (χ2n) is 6.54. The van der Waals surface area contributed by atoms with Gasteiger partial charge in [0.25, 0.3) is 5.91 Å². The third-order valence-corrected chi connectivity index (χ3v) is 5.64. The van der Waals surface area contributed by atoms with Gasteiger partial charge in [-0.1, -0.05) is 23.7 Å². The molecular formula is C19H22ClN5O3S. The fourth-order valence-corrected chi connectivity index (χ4v) is 3.80. The molecule has 0 radical (unpaired) electrons. The van der Waals surface area contributed by atoms with Crippen LogP contribution in [0.3, 0.4) is 0 Å². The average Bonchev–Trinajstić information content (AvgIpc) is 3.18. The lowest BCUT2D eigenvalue weighted by atomic mass is 10.2. The van der Waals surface area contributed by atoms with E-state index < -0.39 is 0 Å². The van der Waals surface area contributed by atoms with Crippen molar-refractivity contribution < 1.29 is 14.4 Å². The van der Waals surface area contributed by atoms with Gasteiger partial charge in [-0.15, -0.1) is 11.3 Å². The summed E-state index contributed by atoms with van der Waals surface area (Å²) in [5.41, 5.74) is 0.998. The van der Waals surface area contributed by atoms with Gasteiger partial charge in [0.1, 0.15) is 5.69 Å². The standard InChI is InChI=1S/C19H22ClN5O3S/c1-13(26)24-8-10-25(11-9-24)17(27)6-7-21-18(28)16-12-29-19(23-16)22-15-5-3-2-4-14(15)20/h2-5,12H,6-11H2,1H3,(H,21,28)(H,22,23). The van der Waals surface area contributed by atoms with Gasteiger partial charge in [0, 0.05) is 51.4 Å². The molecule has 10 heteroatoms. The minimum absolute atomic E-state index is 0.0241. The summed E-state index contributed by atoms with van der Waals surface area (Å²) < 4.78 is 0. The first-order valence-corrected chi connectivity index (χ1v) is 10.5. The predicted molar refractivity (Wildman–Crippen MR) is 113 cm³/mol. The molecular weight excluding hydrogens is 414 g/mol. The van der Waals surface area contributed by atoms with E-state index in [9.17, 15) is 14.4 Å². The lowest BCUT2D eigenvalue weighted by Crippen LogP contribution is -2.50. The Hall–Kier alpha value is -2.65. The highest BCUT2D eigenvalue weighted by atomic mass is 35.5. The van der Waals surface area contributed by atoms with E-state index in [1.807, 2.05) is 18.2 Å². The highest BCUT2D eigenvalue weighted by Crippen LogP contribution is 2.26. The third kappa shape index (κ3) is 5.68. The van der Waals surface area contributed by atoms with Crippen LogP contribution in [0.1, 0.15) is 23.8 Å². The molecule has 1 fully saturated rings. The van der Waals surface area contributed by atoms with Crippen LogP contribution in [0.4, 0.5) is 10.8 Å². The van der Waals surface area contributed by atoms with Crippen molar-refractivity contribution in [3.05, 3.63) is 40.4 Å². The normalized spacial score (nSPS) is 13.9. The maximum atomic E-state index is 12.3. The second kappa shape index (κ2) is 9.71. The zero-order chi connectivity index (χ0) is 20.8. The lowest BCUT2D eigenvalue weighted by Gasteiger charge is -2.34. The number of hydrogen-bond donors (Lipinski definition) is 2. The van der Waals surface area contributed by atoms with Crippen LogP contribution in [0.15, 0.2) is 29.6 Å². The number of nitrogens with zero attached hydrogens (tertiary/aromatic N) is 3. The summed E-state index contributed by atoms with van der Waals surface area (Å²) in [5.74, 6) is -0.341. The molecule has 2 heterocycles. The number of hydrogen-bond acceptors (Lipinski definition) is 6. The smallest absolute Gasteiger partial charge is 0.270 e. The molecule has 154 valence electrons. The Morgan fingerprint density at radius 2 is 1.83 bits per heavy atom. The van der Waals surface area contributed by atoms with Gasteiger partial charge >= 0.3 is 0 Å². The van der Waals surface area contributed by atoms with Crippen LogP contribution in [-0.4, -0.2) is 65.2 Å². The number of piperazine rings is 1. The Labute approximate surface area is 177 Å². The molecule has 8 nitrogen and oxygen atoms in total. The summed E-state index contributed by atoms with van der Waals surface area (Å²) >= 11 is 7.41. The summed E-state index contributed by atoms with van der Waals surface area (Å²) in [6.45, 7) is 3.90. The average molecular weight is 436 g/mol. The largest absolute Gasteiger partial charge is 0.350 e. The van der Waals surface area contributed by atoms with Crippen molar-refractivity contribution in [1.29, 1.82) is 0 Å². The monoisotopic (exact) mass is 435 g/mol. The molecule has 1 aromatic carbocycles. The first-order valence-electron chi connectivity index (χ1n) is 9.22. The molecule has 3 amide bonds. The van der Waals surface area contributed by atoms with Crippen molar-refractivity contribution in [2.75, 3.05) is 38.0 Å². The summed E-state index contributed by atoms with van der Waals surface area (Å²) in [6.07, 6.45) is 0.209. The fourth-order valence-electron chi connectivity index (χ4n) is 2.92. The first-order chi connectivity index (χ1) is 13.9. The van der Waals surface area contributed by atoms with Crippen molar-refractivity contribution >= 4 is 51.5 Å². The van der Waals surface area contributed by atoms with Crippen LogP contribution in [-0.2, 0) is 9.59 Å². The number of anilines is 2. The van der Waals surface area contributed by atoms with E-state index in [2.05, 4.69) is 15.6 Å². The Morgan fingerprint density at radius 1 is 1.14 bits per heavy atom. The number of thiazole rings is 1. The van der Waals surface area contributed by atoms with E-state index in [1.54, 1.807) is 21.2 Å². The minimum atomic E-state index is -0.331. The summed E-state index contributed by atoms with van der Waals surface area (Å²) in [7, 11) is 0. The fraction of sp³-hybridized carbons (Fsp3) is 0.368. The number of carbonyl (C=O) groups is 3. The molecule has 0 spiro atoms. The van der Waals surface area contributed by atoms with E-state index in [-0.39, 0.29) is 36.4 Å². The number of halogens is 1.